The van der Waals surface area contributed by atoms with Gasteiger partial charge in [0.1, 0.15) is 48.3 Å². The first-order valence-electron chi connectivity index (χ1n) is 33.5. The van der Waals surface area contributed by atoms with Crippen molar-refractivity contribution in [2.45, 2.75) is 183 Å². The molecule has 0 aliphatic heterocycles. The number of carbonyl (C=O) groups excluding carboxylic acids is 8. The van der Waals surface area contributed by atoms with E-state index < -0.39 is 108 Å². The van der Waals surface area contributed by atoms with Crippen molar-refractivity contribution in [3.63, 3.8) is 0 Å². The van der Waals surface area contributed by atoms with Crippen molar-refractivity contribution in [2.24, 2.45) is 78.0 Å². The van der Waals surface area contributed by atoms with Crippen molar-refractivity contribution in [3.05, 3.63) is 72.1 Å². The summed E-state index contributed by atoms with van der Waals surface area (Å²) < 4.78 is 0. The summed E-state index contributed by atoms with van der Waals surface area (Å²) in [6.45, 7) is 1.27. The molecular weight excluding hydrogens is 1260 g/mol. The molecular formula is C64H106N24O10. The van der Waals surface area contributed by atoms with Crippen molar-refractivity contribution in [1.29, 1.82) is 0 Å². The zero-order valence-electron chi connectivity index (χ0n) is 55.9. The van der Waals surface area contributed by atoms with E-state index in [4.69, 9.17) is 63.1 Å². The molecule has 542 valence electrons. The number of rotatable bonds is 49. The molecule has 0 unspecified atom stereocenters. The van der Waals surface area contributed by atoms with Crippen LogP contribution in [0.4, 0.5) is 0 Å². The number of para-hydroxylation sites is 2. The number of aliphatic imine (C=N–C) groups is 3. The molecule has 34 nitrogen and oxygen atoms in total. The highest BCUT2D eigenvalue weighted by Gasteiger charge is 2.36. The first kappa shape index (κ1) is 80.8. The number of aliphatic carboxylic acids is 1. The van der Waals surface area contributed by atoms with Gasteiger partial charge in [-0.2, -0.15) is 0 Å². The van der Waals surface area contributed by atoms with Crippen molar-refractivity contribution in [3.8, 4) is 0 Å². The molecule has 4 aromatic rings. The monoisotopic (exact) mass is 1370 g/mol. The third kappa shape index (κ3) is 29.0. The van der Waals surface area contributed by atoms with Gasteiger partial charge < -0.3 is 121 Å². The van der Waals surface area contributed by atoms with Gasteiger partial charge in [0.25, 0.3) is 0 Å². The van der Waals surface area contributed by atoms with Crippen molar-refractivity contribution >= 4 is 92.9 Å². The largest absolute Gasteiger partial charge is 0.480 e. The van der Waals surface area contributed by atoms with Crippen LogP contribution in [0.1, 0.15) is 127 Å². The van der Waals surface area contributed by atoms with Gasteiger partial charge in [-0.25, -0.2) is 4.79 Å². The average Bonchev–Trinajstić information content (AvgIpc) is 1.64. The highest BCUT2D eigenvalue weighted by molar-refractivity contribution is 5.99. The van der Waals surface area contributed by atoms with E-state index in [1.54, 1.807) is 30.6 Å². The summed E-state index contributed by atoms with van der Waals surface area (Å²) in [5.74, 6) is -8.36. The van der Waals surface area contributed by atoms with Crippen molar-refractivity contribution in [1.82, 2.24) is 52.5 Å². The summed E-state index contributed by atoms with van der Waals surface area (Å²) in [6, 6.07) is 2.59. The van der Waals surface area contributed by atoms with Gasteiger partial charge in [0.15, 0.2) is 17.9 Å². The Morgan fingerprint density at radius 3 is 0.939 bits per heavy atom. The number of nitrogens with zero attached hydrogens (tertiary/aromatic N) is 3. The zero-order valence-corrected chi connectivity index (χ0v) is 55.9. The quantitative estimate of drug-likeness (QED) is 0.0115. The van der Waals surface area contributed by atoms with Crippen LogP contribution in [-0.2, 0) is 56.0 Å². The van der Waals surface area contributed by atoms with Crippen LogP contribution < -0.4 is 106 Å². The highest BCUT2D eigenvalue weighted by atomic mass is 16.4. The summed E-state index contributed by atoms with van der Waals surface area (Å²) >= 11 is 0. The van der Waals surface area contributed by atoms with Gasteiger partial charge in [-0.05, 0) is 159 Å². The third-order valence-corrected chi connectivity index (χ3v) is 16.2. The number of benzene rings is 2. The summed E-state index contributed by atoms with van der Waals surface area (Å²) in [6.07, 6.45) is 7.33. The van der Waals surface area contributed by atoms with Gasteiger partial charge in [0.05, 0.1) is 6.04 Å². The Labute approximate surface area is 570 Å². The van der Waals surface area contributed by atoms with Crippen molar-refractivity contribution in [2.75, 3.05) is 45.8 Å². The van der Waals surface area contributed by atoms with Gasteiger partial charge in [-0.1, -0.05) is 42.8 Å². The van der Waals surface area contributed by atoms with Crippen LogP contribution in [0, 0.1) is 0 Å². The first-order valence-corrected chi connectivity index (χ1v) is 33.5. The lowest BCUT2D eigenvalue weighted by molar-refractivity contribution is -0.142. The number of hydrogen-bond donors (Lipinski definition) is 22. The van der Waals surface area contributed by atoms with Gasteiger partial charge in [-0.3, -0.25) is 53.3 Å². The summed E-state index contributed by atoms with van der Waals surface area (Å²) in [5, 5.41) is 33.6. The number of amides is 8. The number of fused-ring (bicyclic) bond motifs is 2. The number of H-pyrrole nitrogens is 2. The normalized spacial score (nSPS) is 13.9. The lowest BCUT2D eigenvalue weighted by atomic mass is 10.0. The molecule has 98 heavy (non-hydrogen) atoms. The molecule has 0 spiro atoms. The Morgan fingerprint density at radius 2 is 0.622 bits per heavy atom. The predicted molar refractivity (Wildman–Crippen MR) is 376 cm³/mol. The summed E-state index contributed by atoms with van der Waals surface area (Å²) in [7, 11) is 0. The van der Waals surface area contributed by atoms with Gasteiger partial charge >= 0.3 is 5.97 Å². The van der Waals surface area contributed by atoms with E-state index in [0.717, 1.165) is 10.9 Å². The molecule has 0 aliphatic carbocycles. The molecule has 0 saturated heterocycles. The second-order valence-electron chi connectivity index (χ2n) is 24.0. The summed E-state index contributed by atoms with van der Waals surface area (Å²) in [4.78, 5) is 147. The standard InChI is InChI=1S/C64H106N24O10/c65-27-9-5-18-42(69)53(89)81-45(21-6-10-28-66)57(93)87-51(34-38-36-79-43-19-3-1-16-40(38)43)59(95)84-46(22-7-11-29-67)54(90)82-48(24-13-31-76-62(70)71)55(91)83-49(25-14-32-77-63(72)73)58(94)88-52(35-39-37-80-44-20-4-2-17-41(39)44)60(96)85-47(23-8-12-30-68)56(92)86-50(61(97)98)26-15-33-78-64(74)75/h1-4,16-17,19-20,36-37,42,45-52,79-80H,5-15,18,21-35,65-69H2,(H,81,89)(H,82,90)(H,83,91)(H,84,95)(H,85,96)(H,86,92)(H,87,93)(H,88,94)(H,97,98)(H4,70,71,76)(H4,72,73,77)(H4,74,75,78)/t42-,45-,46-,47-,48-,49-,50-,51-,52-/m0/s1. The number of hydrogen-bond acceptors (Lipinski definition) is 17. The van der Waals surface area contributed by atoms with Crippen LogP contribution in [0.15, 0.2) is 75.9 Å². The lowest BCUT2D eigenvalue weighted by Crippen LogP contribution is -2.60. The van der Waals surface area contributed by atoms with Crippen LogP contribution >= 0.6 is 0 Å². The Bertz CT molecular complexity index is 3270. The highest BCUT2D eigenvalue weighted by Crippen LogP contribution is 2.22. The number of guanidine groups is 3. The number of unbranched alkanes of at least 4 members (excludes halogenated alkanes) is 4. The minimum Gasteiger partial charge on any atom is -0.480 e. The van der Waals surface area contributed by atoms with Crippen LogP contribution in [0.5, 0.6) is 0 Å². The molecule has 9 atom stereocenters. The number of carboxylic acids is 1. The van der Waals surface area contributed by atoms with E-state index in [1.165, 1.54) is 0 Å². The van der Waals surface area contributed by atoms with E-state index >= 15 is 4.79 Å². The Morgan fingerprint density at radius 1 is 0.357 bits per heavy atom. The number of carboxylic acid groups (broad SMARTS) is 1. The first-order chi connectivity index (χ1) is 47.0. The average molecular weight is 1370 g/mol. The van der Waals surface area contributed by atoms with E-state index in [9.17, 15) is 43.5 Å². The molecule has 0 saturated carbocycles. The van der Waals surface area contributed by atoms with Crippen LogP contribution in [0.25, 0.3) is 21.8 Å². The number of aromatic amines is 2. The van der Waals surface area contributed by atoms with Crippen LogP contribution in [0.3, 0.4) is 0 Å². The number of nitrogens with one attached hydrogen (secondary N) is 10. The molecule has 2 aromatic carbocycles. The predicted octanol–water partition coefficient (Wildman–Crippen LogP) is -3.60. The van der Waals surface area contributed by atoms with Gasteiger partial charge in [-0.15, -0.1) is 0 Å². The molecule has 0 aliphatic rings. The molecule has 0 bridgehead atoms. The summed E-state index contributed by atoms with van der Waals surface area (Å²) in [5.41, 5.74) is 65.7. The third-order valence-electron chi connectivity index (χ3n) is 16.2. The number of aromatic nitrogens is 2. The molecule has 2 heterocycles. The van der Waals surface area contributed by atoms with E-state index in [2.05, 4.69) is 67.5 Å². The lowest BCUT2D eigenvalue weighted by Gasteiger charge is -2.28. The van der Waals surface area contributed by atoms with E-state index in [-0.39, 0.29) is 121 Å². The maximum atomic E-state index is 15.0. The van der Waals surface area contributed by atoms with Crippen molar-refractivity contribution < 1.29 is 48.3 Å². The van der Waals surface area contributed by atoms with E-state index in [0.29, 0.717) is 92.9 Å². The van der Waals surface area contributed by atoms with E-state index in [1.807, 2.05) is 30.3 Å². The number of nitrogens with two attached hydrogens (primary N) is 11. The second kappa shape index (κ2) is 44.2. The maximum absolute atomic E-state index is 15.0. The smallest absolute Gasteiger partial charge is 0.326 e. The van der Waals surface area contributed by atoms with Gasteiger partial charge in [0.2, 0.25) is 47.3 Å². The molecule has 0 fully saturated rings. The fraction of sp³-hybridized carbons (Fsp3) is 0.562. The second-order valence-corrected chi connectivity index (χ2v) is 24.0. The molecule has 33 N–H and O–H groups in total. The molecule has 4 rings (SSSR count). The van der Waals surface area contributed by atoms with Crippen LogP contribution in [-0.4, -0.2) is 186 Å². The SMILES string of the molecule is NCCCC[C@H](NC(=O)[C@H](Cc1c[nH]c2ccccc12)NC(=O)[C@H](CCCN=C(N)N)NC(=O)[C@H](CCCN=C(N)N)NC(=O)[C@H](CCCCN)NC(=O)[C@H](Cc1c[nH]c2ccccc12)NC(=O)[C@H](CCCCN)NC(=O)[C@@H](N)CCCCN)C(=O)N[C@@H](CCCN=C(N)N)C(=O)O. The molecule has 2 aromatic heterocycles. The Hall–Kier alpha value is -9.64. The molecule has 34 heteroatoms. The topological polar surface area (TPSA) is 625 Å². The van der Waals surface area contributed by atoms with Gasteiger partial charge in [0, 0.05) is 66.7 Å². The fourth-order valence-corrected chi connectivity index (χ4v) is 10.9. The molecule has 0 radical (unpaired) electrons. The minimum absolute atomic E-state index is 0.00322. The Balaban J connectivity index is 1.74. The van der Waals surface area contributed by atoms with Crippen LogP contribution in [0.2, 0.25) is 0 Å². The zero-order chi connectivity index (χ0) is 71.9. The fourth-order valence-electron chi connectivity index (χ4n) is 10.9. The Kier molecular flexibility index (Phi) is 36.5. The number of carbonyl (C=O) groups is 9. The maximum Gasteiger partial charge on any atom is 0.326 e. The molecule has 8 amide bonds. The minimum atomic E-state index is -1.48.